The minimum atomic E-state index is -0.731. The molecule has 4 atom stereocenters. The minimum absolute atomic E-state index is 0.124. The summed E-state index contributed by atoms with van der Waals surface area (Å²) < 4.78 is 52.5. The number of aliphatic hydroxyl groups excluding tert-OH is 1. The van der Waals surface area contributed by atoms with Crippen LogP contribution in [0.2, 0.25) is 0 Å². The van der Waals surface area contributed by atoms with Crippen LogP contribution in [0.5, 0.6) is 0 Å². The molecular formula is C25H29F3N2O4. The van der Waals surface area contributed by atoms with E-state index in [1.54, 1.807) is 12.1 Å². The lowest BCUT2D eigenvalue weighted by molar-refractivity contribution is -0.158. The Hall–Kier alpha value is -2.46. The molecule has 2 saturated heterocycles. The van der Waals surface area contributed by atoms with Crippen molar-refractivity contribution in [3.63, 3.8) is 0 Å². The maximum Gasteiger partial charge on any atom is 0.222 e. The average Bonchev–Trinajstić information content (AvgIpc) is 2.76. The zero-order chi connectivity index (χ0) is 24.1. The smallest absolute Gasteiger partial charge is 0.222 e. The maximum atomic E-state index is 13.7. The molecule has 0 aromatic heterocycles. The van der Waals surface area contributed by atoms with E-state index in [2.05, 4.69) is 5.32 Å². The minimum Gasteiger partial charge on any atom is -0.389 e. The van der Waals surface area contributed by atoms with Crippen LogP contribution in [-0.4, -0.2) is 60.0 Å². The largest absolute Gasteiger partial charge is 0.389 e. The second-order valence-corrected chi connectivity index (χ2v) is 8.95. The summed E-state index contributed by atoms with van der Waals surface area (Å²) in [4.78, 5) is 14.4. The first kappa shape index (κ1) is 24.7. The molecule has 1 amide bonds. The molecule has 2 fully saturated rings. The number of carbonyl (C=O) groups excluding carboxylic acids is 1. The number of aliphatic hydroxyl groups is 1. The van der Waals surface area contributed by atoms with Crippen molar-refractivity contribution < 1.29 is 32.5 Å². The maximum absolute atomic E-state index is 13.7. The fourth-order valence-electron chi connectivity index (χ4n) is 4.69. The molecule has 0 spiro atoms. The van der Waals surface area contributed by atoms with Crippen molar-refractivity contribution in [3.8, 4) is 0 Å². The fraction of sp³-hybridized carbons (Fsp3) is 0.480. The van der Waals surface area contributed by atoms with Crippen LogP contribution in [0.25, 0.3) is 0 Å². The number of benzene rings is 2. The van der Waals surface area contributed by atoms with Gasteiger partial charge in [-0.1, -0.05) is 12.1 Å². The van der Waals surface area contributed by atoms with E-state index in [-0.39, 0.29) is 69.2 Å². The van der Waals surface area contributed by atoms with E-state index >= 15 is 0 Å². The molecule has 4 rings (SSSR count). The van der Waals surface area contributed by atoms with Crippen LogP contribution >= 0.6 is 0 Å². The highest BCUT2D eigenvalue weighted by atomic mass is 19.1. The van der Waals surface area contributed by atoms with Crippen molar-refractivity contribution in [3.05, 3.63) is 71.0 Å². The van der Waals surface area contributed by atoms with Crippen LogP contribution in [0.3, 0.4) is 0 Å². The predicted molar refractivity (Wildman–Crippen MR) is 118 cm³/mol. The van der Waals surface area contributed by atoms with Crippen LogP contribution in [0, 0.1) is 17.5 Å². The summed E-state index contributed by atoms with van der Waals surface area (Å²) in [6.07, 6.45) is 0.0662. The SMILES string of the molecule is O=C(C[C@H]1CC[C@H]2[C@@H](COC[C@@H](O)CN2Cc2cc(F)cc(F)c2)O1)NCc1cccc(F)c1. The number of ether oxygens (including phenoxy) is 2. The van der Waals surface area contributed by atoms with Crippen LogP contribution in [0.15, 0.2) is 42.5 Å². The molecule has 2 aromatic rings. The zero-order valence-electron chi connectivity index (χ0n) is 18.8. The topological polar surface area (TPSA) is 71.0 Å². The number of carbonyl (C=O) groups is 1. The number of nitrogens with zero attached hydrogens (tertiary/aromatic N) is 1. The normalized spacial score (nSPS) is 25.8. The number of hydrogen-bond acceptors (Lipinski definition) is 5. The Morgan fingerprint density at radius 3 is 2.56 bits per heavy atom. The van der Waals surface area contributed by atoms with Crippen molar-refractivity contribution >= 4 is 5.91 Å². The second kappa shape index (κ2) is 11.3. The molecule has 0 unspecified atom stereocenters. The molecule has 0 bridgehead atoms. The third-order valence-electron chi connectivity index (χ3n) is 6.19. The Morgan fingerprint density at radius 2 is 1.79 bits per heavy atom. The van der Waals surface area contributed by atoms with Gasteiger partial charge in [-0.2, -0.15) is 0 Å². The number of hydrogen-bond donors (Lipinski definition) is 2. The van der Waals surface area contributed by atoms with Gasteiger partial charge < -0.3 is 19.9 Å². The zero-order valence-corrected chi connectivity index (χ0v) is 18.8. The van der Waals surface area contributed by atoms with Crippen molar-refractivity contribution in [1.29, 1.82) is 0 Å². The lowest BCUT2D eigenvalue weighted by Gasteiger charge is -2.44. The van der Waals surface area contributed by atoms with Gasteiger partial charge in [0.05, 0.1) is 37.9 Å². The number of amides is 1. The van der Waals surface area contributed by atoms with E-state index in [1.807, 2.05) is 4.90 Å². The van der Waals surface area contributed by atoms with Crippen LogP contribution in [-0.2, 0) is 27.4 Å². The van der Waals surface area contributed by atoms with Gasteiger partial charge in [0.15, 0.2) is 0 Å². The second-order valence-electron chi connectivity index (χ2n) is 8.95. The average molecular weight is 479 g/mol. The molecule has 2 aromatic carbocycles. The lowest BCUT2D eigenvalue weighted by atomic mass is 9.94. The quantitative estimate of drug-likeness (QED) is 0.668. The molecule has 0 saturated carbocycles. The van der Waals surface area contributed by atoms with Crippen molar-refractivity contribution in [2.24, 2.45) is 0 Å². The van der Waals surface area contributed by atoms with Crippen molar-refractivity contribution in [2.75, 3.05) is 19.8 Å². The summed E-state index contributed by atoms with van der Waals surface area (Å²) in [7, 11) is 0. The molecule has 2 N–H and O–H groups in total. The summed E-state index contributed by atoms with van der Waals surface area (Å²) in [5.41, 5.74) is 1.15. The molecule has 2 aliphatic rings. The summed E-state index contributed by atoms with van der Waals surface area (Å²) in [5, 5.41) is 13.1. The summed E-state index contributed by atoms with van der Waals surface area (Å²) in [5.74, 6) is -1.84. The third-order valence-corrected chi connectivity index (χ3v) is 6.19. The fourth-order valence-corrected chi connectivity index (χ4v) is 4.69. The van der Waals surface area contributed by atoms with Gasteiger partial charge >= 0.3 is 0 Å². The van der Waals surface area contributed by atoms with Crippen LogP contribution < -0.4 is 5.32 Å². The van der Waals surface area contributed by atoms with E-state index < -0.39 is 17.7 Å². The molecule has 2 heterocycles. The first-order chi connectivity index (χ1) is 16.4. The summed E-state index contributed by atoms with van der Waals surface area (Å²) in [6.45, 7) is 1.14. The van der Waals surface area contributed by atoms with Gasteiger partial charge in [0.1, 0.15) is 17.5 Å². The van der Waals surface area contributed by atoms with Gasteiger partial charge in [0.25, 0.3) is 0 Å². The number of nitrogens with one attached hydrogen (secondary N) is 1. The van der Waals surface area contributed by atoms with E-state index in [0.29, 0.717) is 24.0 Å². The molecule has 34 heavy (non-hydrogen) atoms. The third kappa shape index (κ3) is 6.79. The van der Waals surface area contributed by atoms with Gasteiger partial charge in [0.2, 0.25) is 5.91 Å². The highest BCUT2D eigenvalue weighted by molar-refractivity contribution is 5.76. The van der Waals surface area contributed by atoms with Crippen LogP contribution in [0.4, 0.5) is 13.2 Å². The van der Waals surface area contributed by atoms with Crippen molar-refractivity contribution in [1.82, 2.24) is 10.2 Å². The standard InChI is InChI=1S/C25H29F3N2O4/c26-18-3-1-2-16(6-18)11-29-25(32)10-22-4-5-23-24(34-22)15-33-14-21(31)13-30(23)12-17-7-19(27)9-20(28)8-17/h1-3,6-9,21-24,31H,4-5,10-15H2,(H,29,32)/t21-,22+,23-,24+/m0/s1. The Morgan fingerprint density at radius 1 is 1.03 bits per heavy atom. The number of halogens is 3. The molecular weight excluding hydrogens is 449 g/mol. The monoisotopic (exact) mass is 478 g/mol. The highest BCUT2D eigenvalue weighted by Gasteiger charge is 2.38. The first-order valence-corrected chi connectivity index (χ1v) is 11.5. The number of fused-ring (bicyclic) bond motifs is 1. The Kier molecular flexibility index (Phi) is 8.20. The Labute approximate surface area is 196 Å². The van der Waals surface area contributed by atoms with Crippen molar-refractivity contribution in [2.45, 2.75) is 56.7 Å². The molecule has 9 heteroatoms. The van der Waals surface area contributed by atoms with E-state index in [0.717, 1.165) is 6.07 Å². The van der Waals surface area contributed by atoms with E-state index in [1.165, 1.54) is 24.3 Å². The van der Waals surface area contributed by atoms with E-state index in [4.69, 9.17) is 9.47 Å². The van der Waals surface area contributed by atoms with Crippen LogP contribution in [0.1, 0.15) is 30.4 Å². The van der Waals surface area contributed by atoms with Gasteiger partial charge in [-0.05, 0) is 48.2 Å². The number of rotatable bonds is 6. The number of β-amino-alcohol motifs (C(OH)–C–C–N with tert-alkyl or cyclic N) is 1. The molecule has 0 aliphatic carbocycles. The first-order valence-electron chi connectivity index (χ1n) is 11.5. The summed E-state index contributed by atoms with van der Waals surface area (Å²) >= 11 is 0. The van der Waals surface area contributed by atoms with E-state index in [9.17, 15) is 23.1 Å². The molecule has 2 aliphatic heterocycles. The highest BCUT2D eigenvalue weighted by Crippen LogP contribution is 2.29. The van der Waals surface area contributed by atoms with Gasteiger partial charge in [-0.25, -0.2) is 13.2 Å². The lowest BCUT2D eigenvalue weighted by Crippen LogP contribution is -2.55. The Balaban J connectivity index is 1.36. The molecule has 0 radical (unpaired) electrons. The molecule has 184 valence electrons. The van der Waals surface area contributed by atoms with Gasteiger partial charge in [-0.15, -0.1) is 0 Å². The predicted octanol–water partition coefficient (Wildman–Crippen LogP) is 2.92. The molecule has 6 nitrogen and oxygen atoms in total. The Bertz CT molecular complexity index is 972. The van der Waals surface area contributed by atoms with Gasteiger partial charge in [-0.3, -0.25) is 9.69 Å². The summed E-state index contributed by atoms with van der Waals surface area (Å²) in [6, 6.07) is 9.33. The van der Waals surface area contributed by atoms with Gasteiger partial charge in [0, 0.05) is 31.7 Å².